The minimum absolute atomic E-state index is 0.0167. The van der Waals surface area contributed by atoms with Gasteiger partial charge in [0, 0.05) is 12.5 Å². The number of hydrogen-bond acceptors (Lipinski definition) is 5. The molecule has 0 radical (unpaired) electrons. The highest BCUT2D eigenvalue weighted by molar-refractivity contribution is 5.86. The zero-order chi connectivity index (χ0) is 24.9. The lowest BCUT2D eigenvalue weighted by molar-refractivity contribution is -0.144. The van der Waals surface area contributed by atoms with Gasteiger partial charge in [0.2, 0.25) is 5.91 Å². The maximum absolute atomic E-state index is 12.5. The Labute approximate surface area is 205 Å². The predicted molar refractivity (Wildman–Crippen MR) is 130 cm³/mol. The van der Waals surface area contributed by atoms with Crippen LogP contribution in [0.4, 0.5) is 4.79 Å². The summed E-state index contributed by atoms with van der Waals surface area (Å²) < 4.78 is 11.3. The molecule has 0 spiro atoms. The van der Waals surface area contributed by atoms with Crippen molar-refractivity contribution in [2.24, 2.45) is 5.92 Å². The summed E-state index contributed by atoms with van der Waals surface area (Å²) in [7, 11) is 0. The third-order valence-electron chi connectivity index (χ3n) is 6.54. The monoisotopic (exact) mass is 480 g/mol. The number of hydrogen-bond donors (Lipinski definition) is 3. The molecule has 1 aliphatic carbocycles. The molecule has 8 nitrogen and oxygen atoms in total. The van der Waals surface area contributed by atoms with Crippen molar-refractivity contribution in [3.8, 4) is 11.1 Å². The van der Waals surface area contributed by atoms with Gasteiger partial charge >= 0.3 is 12.1 Å². The number of aliphatic carboxylic acids is 1. The molecule has 3 N–H and O–H groups in total. The number of fused-ring (bicyclic) bond motifs is 3. The first-order valence-corrected chi connectivity index (χ1v) is 12.1. The molecule has 2 aromatic carbocycles. The lowest BCUT2D eigenvalue weighted by Gasteiger charge is -2.19. The van der Waals surface area contributed by atoms with Gasteiger partial charge in [-0.15, -0.1) is 0 Å². The summed E-state index contributed by atoms with van der Waals surface area (Å²) >= 11 is 0. The van der Waals surface area contributed by atoms with E-state index < -0.39 is 30.1 Å². The Hall–Kier alpha value is -3.39. The van der Waals surface area contributed by atoms with Crippen LogP contribution >= 0.6 is 0 Å². The van der Waals surface area contributed by atoms with E-state index in [1.54, 1.807) is 0 Å². The molecular formula is C27H32N2O6. The largest absolute Gasteiger partial charge is 0.480 e. The first kappa shape index (κ1) is 24.7. The van der Waals surface area contributed by atoms with Crippen LogP contribution in [0.3, 0.4) is 0 Å². The first-order valence-electron chi connectivity index (χ1n) is 12.1. The van der Waals surface area contributed by atoms with Crippen molar-refractivity contribution in [1.29, 1.82) is 0 Å². The quantitative estimate of drug-likeness (QED) is 0.504. The maximum Gasteiger partial charge on any atom is 0.407 e. The van der Waals surface area contributed by atoms with Crippen LogP contribution in [0, 0.1) is 5.92 Å². The Morgan fingerprint density at radius 1 is 1.03 bits per heavy atom. The SMILES string of the molecule is CC(C)C[C@H](NC(=O)C1CCC(CNC(=O)OCC2c3ccccc3-c3ccccc32)O1)C(=O)O. The van der Waals surface area contributed by atoms with E-state index in [1.807, 2.05) is 38.1 Å². The normalized spacial score (nSPS) is 19.6. The second-order valence-electron chi connectivity index (χ2n) is 9.56. The summed E-state index contributed by atoms with van der Waals surface area (Å²) in [5, 5.41) is 14.6. The number of carbonyl (C=O) groups excluding carboxylic acids is 2. The third kappa shape index (κ3) is 5.82. The molecule has 1 heterocycles. The van der Waals surface area contributed by atoms with E-state index in [9.17, 15) is 19.5 Å². The van der Waals surface area contributed by atoms with Crippen molar-refractivity contribution in [2.75, 3.05) is 13.2 Å². The average Bonchev–Trinajstić information content (AvgIpc) is 3.44. The van der Waals surface area contributed by atoms with Gasteiger partial charge in [-0.2, -0.15) is 0 Å². The molecule has 8 heteroatoms. The van der Waals surface area contributed by atoms with Gasteiger partial charge in [-0.25, -0.2) is 9.59 Å². The van der Waals surface area contributed by atoms with Crippen molar-refractivity contribution in [1.82, 2.24) is 10.6 Å². The zero-order valence-electron chi connectivity index (χ0n) is 20.0. The van der Waals surface area contributed by atoms with Gasteiger partial charge in [-0.3, -0.25) is 4.79 Å². The van der Waals surface area contributed by atoms with Crippen molar-refractivity contribution in [3.63, 3.8) is 0 Å². The van der Waals surface area contributed by atoms with Crippen molar-refractivity contribution in [2.45, 2.75) is 57.3 Å². The maximum atomic E-state index is 12.5. The van der Waals surface area contributed by atoms with E-state index in [-0.39, 0.29) is 31.1 Å². The van der Waals surface area contributed by atoms with E-state index in [0.29, 0.717) is 19.3 Å². The molecule has 3 atom stereocenters. The number of alkyl carbamates (subject to hydrolysis) is 1. The Morgan fingerprint density at radius 2 is 1.66 bits per heavy atom. The molecule has 2 amide bonds. The molecular weight excluding hydrogens is 448 g/mol. The van der Waals surface area contributed by atoms with Crippen LogP contribution in [0.25, 0.3) is 11.1 Å². The average molecular weight is 481 g/mol. The van der Waals surface area contributed by atoms with Crippen LogP contribution in [0.5, 0.6) is 0 Å². The highest BCUT2D eigenvalue weighted by Gasteiger charge is 2.34. The van der Waals surface area contributed by atoms with E-state index in [4.69, 9.17) is 9.47 Å². The minimum Gasteiger partial charge on any atom is -0.480 e. The third-order valence-corrected chi connectivity index (χ3v) is 6.54. The summed E-state index contributed by atoms with van der Waals surface area (Å²) in [5.74, 6) is -1.37. The molecule has 4 rings (SSSR count). The van der Waals surface area contributed by atoms with Crippen LogP contribution in [-0.2, 0) is 19.1 Å². The van der Waals surface area contributed by atoms with Crippen LogP contribution in [0.15, 0.2) is 48.5 Å². The molecule has 0 bridgehead atoms. The van der Waals surface area contributed by atoms with E-state index in [1.165, 1.54) is 11.1 Å². The number of rotatable bonds is 9. The molecule has 186 valence electrons. The number of nitrogens with one attached hydrogen (secondary N) is 2. The van der Waals surface area contributed by atoms with E-state index in [2.05, 4.69) is 34.9 Å². The summed E-state index contributed by atoms with van der Waals surface area (Å²) in [5.41, 5.74) is 4.62. The van der Waals surface area contributed by atoms with Crippen LogP contribution in [0.2, 0.25) is 0 Å². The molecule has 2 unspecified atom stereocenters. The number of carboxylic acid groups (broad SMARTS) is 1. The van der Waals surface area contributed by atoms with Gasteiger partial charge in [0.25, 0.3) is 0 Å². The van der Waals surface area contributed by atoms with Gasteiger partial charge in [-0.1, -0.05) is 62.4 Å². The lowest BCUT2D eigenvalue weighted by Crippen LogP contribution is -2.46. The van der Waals surface area contributed by atoms with Crippen LogP contribution in [0.1, 0.15) is 50.2 Å². The molecule has 0 aromatic heterocycles. The summed E-state index contributed by atoms with van der Waals surface area (Å²) in [4.78, 5) is 36.3. The summed E-state index contributed by atoms with van der Waals surface area (Å²) in [6.45, 7) is 4.25. The Kier molecular flexibility index (Phi) is 7.70. The number of carboxylic acids is 1. The standard InChI is InChI=1S/C27H32N2O6/c1-16(2)13-23(26(31)32)29-25(30)24-12-11-17(35-24)14-28-27(33)34-15-22-20-9-5-3-7-18(20)19-8-4-6-10-21(19)22/h3-10,16-17,22-24H,11-15H2,1-2H3,(H,28,33)(H,29,30)(H,31,32)/t17?,23-,24?/m0/s1. The van der Waals surface area contributed by atoms with Gasteiger partial charge in [0.15, 0.2) is 0 Å². The predicted octanol–water partition coefficient (Wildman–Crippen LogP) is 3.69. The van der Waals surface area contributed by atoms with Gasteiger partial charge < -0.3 is 25.2 Å². The number of ether oxygens (including phenoxy) is 2. The molecule has 2 aliphatic rings. The van der Waals surface area contributed by atoms with Crippen molar-refractivity contribution in [3.05, 3.63) is 59.7 Å². The first-order chi connectivity index (χ1) is 16.8. The van der Waals surface area contributed by atoms with Gasteiger partial charge in [0.1, 0.15) is 18.8 Å². The van der Waals surface area contributed by atoms with E-state index >= 15 is 0 Å². The lowest BCUT2D eigenvalue weighted by atomic mass is 9.98. The molecule has 2 aromatic rings. The fraction of sp³-hybridized carbons (Fsp3) is 0.444. The highest BCUT2D eigenvalue weighted by Crippen LogP contribution is 2.44. The molecule has 1 fully saturated rings. The fourth-order valence-electron chi connectivity index (χ4n) is 4.85. The van der Waals surface area contributed by atoms with E-state index in [0.717, 1.165) is 11.1 Å². The number of amides is 2. The molecule has 1 saturated heterocycles. The minimum atomic E-state index is -1.06. The Morgan fingerprint density at radius 3 is 2.26 bits per heavy atom. The smallest absolute Gasteiger partial charge is 0.407 e. The van der Waals surface area contributed by atoms with Crippen LogP contribution in [-0.4, -0.2) is 54.5 Å². The second kappa shape index (κ2) is 10.9. The summed E-state index contributed by atoms with van der Waals surface area (Å²) in [6.07, 6.45) is -0.189. The van der Waals surface area contributed by atoms with Gasteiger partial charge in [-0.05, 0) is 47.4 Å². The number of benzene rings is 2. The number of carbonyl (C=O) groups is 3. The van der Waals surface area contributed by atoms with Crippen molar-refractivity contribution >= 4 is 18.0 Å². The molecule has 0 saturated carbocycles. The highest BCUT2D eigenvalue weighted by atomic mass is 16.5. The summed E-state index contributed by atoms with van der Waals surface area (Å²) in [6, 6.07) is 15.3. The molecule has 1 aliphatic heterocycles. The fourth-order valence-corrected chi connectivity index (χ4v) is 4.85. The van der Waals surface area contributed by atoms with Crippen molar-refractivity contribution < 1.29 is 29.0 Å². The zero-order valence-corrected chi connectivity index (χ0v) is 20.0. The van der Waals surface area contributed by atoms with Gasteiger partial charge in [0.05, 0.1) is 6.10 Å². The Bertz CT molecular complexity index is 1040. The second-order valence-corrected chi connectivity index (χ2v) is 9.56. The van der Waals surface area contributed by atoms with Crippen LogP contribution < -0.4 is 10.6 Å². The topological polar surface area (TPSA) is 114 Å². The molecule has 35 heavy (non-hydrogen) atoms. The Balaban J connectivity index is 1.24.